The van der Waals surface area contributed by atoms with Crippen molar-refractivity contribution < 1.29 is 8.83 Å². The average molecular weight is 861 g/mol. The molecule has 0 aliphatic heterocycles. The number of benzene rings is 9. The van der Waals surface area contributed by atoms with Crippen molar-refractivity contribution in [2.24, 2.45) is 0 Å². The molecule has 326 valence electrons. The molecule has 0 N–H and O–H groups in total. The fraction of sp³-hybridized carbons (Fsp3) is 0.194. The molecule has 0 spiro atoms. The van der Waals surface area contributed by atoms with Gasteiger partial charge in [-0.3, -0.25) is 0 Å². The van der Waals surface area contributed by atoms with E-state index in [4.69, 9.17) is 8.83 Å². The van der Waals surface area contributed by atoms with Crippen LogP contribution in [0.1, 0.15) is 84.0 Å². The highest BCUT2D eigenvalue weighted by molar-refractivity contribution is 6.18. The van der Waals surface area contributed by atoms with Crippen LogP contribution in [0, 0.1) is 41.5 Å². The Morgan fingerprint density at radius 1 is 0.333 bits per heavy atom. The van der Waals surface area contributed by atoms with Crippen molar-refractivity contribution in [1.29, 1.82) is 0 Å². The van der Waals surface area contributed by atoms with Crippen LogP contribution >= 0.6 is 0 Å². The van der Waals surface area contributed by atoms with Gasteiger partial charge in [0.2, 0.25) is 0 Å². The zero-order valence-corrected chi connectivity index (χ0v) is 39.7. The molecule has 11 aromatic rings. The molecule has 11 rings (SSSR count). The molecule has 0 aliphatic rings. The molecule has 0 saturated carbocycles. The van der Waals surface area contributed by atoms with Crippen LogP contribution in [0.5, 0.6) is 0 Å². The van der Waals surface area contributed by atoms with Gasteiger partial charge in [-0.05, 0) is 192 Å². The van der Waals surface area contributed by atoms with Crippen molar-refractivity contribution in [2.45, 2.75) is 81.1 Å². The Morgan fingerprint density at radius 2 is 0.697 bits per heavy atom. The van der Waals surface area contributed by atoms with Crippen LogP contribution in [0.15, 0.2) is 154 Å². The Hall–Kier alpha value is -7.30. The Bertz CT molecular complexity index is 3460. The molecule has 0 aliphatic carbocycles. The summed E-state index contributed by atoms with van der Waals surface area (Å²) in [5, 5.41) is 8.85. The fourth-order valence-corrected chi connectivity index (χ4v) is 10.5. The lowest BCUT2D eigenvalue weighted by Gasteiger charge is -2.30. The molecular formula is C62H56N2O2. The number of para-hydroxylation sites is 2. The number of anilines is 6. The highest BCUT2D eigenvalue weighted by Gasteiger charge is 2.23. The molecule has 0 saturated heterocycles. The van der Waals surface area contributed by atoms with E-state index in [2.05, 4.69) is 225 Å². The first kappa shape index (κ1) is 41.4. The summed E-state index contributed by atoms with van der Waals surface area (Å²) < 4.78 is 13.5. The number of rotatable bonds is 8. The largest absolute Gasteiger partial charge is 0.456 e. The van der Waals surface area contributed by atoms with E-state index in [1.165, 1.54) is 67.3 Å². The van der Waals surface area contributed by atoms with Gasteiger partial charge in [0.25, 0.3) is 0 Å². The van der Waals surface area contributed by atoms with Gasteiger partial charge in [0.1, 0.15) is 22.3 Å². The maximum absolute atomic E-state index is 6.75. The van der Waals surface area contributed by atoms with E-state index in [1.54, 1.807) is 0 Å². The topological polar surface area (TPSA) is 32.8 Å². The van der Waals surface area contributed by atoms with Crippen molar-refractivity contribution in [2.75, 3.05) is 9.80 Å². The smallest absolute Gasteiger partial charge is 0.136 e. The highest BCUT2D eigenvalue weighted by Crippen LogP contribution is 2.46. The summed E-state index contributed by atoms with van der Waals surface area (Å²) >= 11 is 0. The second-order valence-corrected chi connectivity index (χ2v) is 19.4. The SMILES string of the molecule is Cc1cc(C(C)C)ccc1N(c1ccc2cc3c(cc2c1)oc1cc2c(cc13)oc1cc3cc(N(c4ccc(C(C)C)cc4C)c4c(C)cccc4C)ccc3cc12)c1c(C)cccc1C. The van der Waals surface area contributed by atoms with Crippen LogP contribution in [0.25, 0.3) is 65.4 Å². The fourth-order valence-electron chi connectivity index (χ4n) is 10.5. The molecule has 2 aromatic heterocycles. The summed E-state index contributed by atoms with van der Waals surface area (Å²) in [6.45, 7) is 22.3. The number of furan rings is 2. The Balaban J connectivity index is 1.01. The first-order chi connectivity index (χ1) is 31.8. The maximum Gasteiger partial charge on any atom is 0.136 e. The van der Waals surface area contributed by atoms with Gasteiger partial charge in [-0.2, -0.15) is 0 Å². The summed E-state index contributed by atoms with van der Waals surface area (Å²) in [4.78, 5) is 4.87. The third kappa shape index (κ3) is 6.81. The van der Waals surface area contributed by atoms with Crippen LogP contribution in [0.3, 0.4) is 0 Å². The molecule has 9 aromatic carbocycles. The number of aryl methyl sites for hydroxylation is 6. The van der Waals surface area contributed by atoms with Crippen molar-refractivity contribution in [3.05, 3.63) is 190 Å². The summed E-state index contributed by atoms with van der Waals surface area (Å²) in [5.41, 5.74) is 20.6. The van der Waals surface area contributed by atoms with Crippen LogP contribution in [-0.4, -0.2) is 0 Å². The van der Waals surface area contributed by atoms with Crippen LogP contribution in [0.2, 0.25) is 0 Å². The van der Waals surface area contributed by atoms with Gasteiger partial charge in [0.05, 0.1) is 11.4 Å². The minimum absolute atomic E-state index is 0.462. The molecule has 4 heteroatoms. The third-order valence-electron chi connectivity index (χ3n) is 14.0. The summed E-state index contributed by atoms with van der Waals surface area (Å²) in [7, 11) is 0. The number of hydrogen-bond acceptors (Lipinski definition) is 4. The molecule has 0 unspecified atom stereocenters. The van der Waals surface area contributed by atoms with Crippen LogP contribution in [-0.2, 0) is 0 Å². The predicted molar refractivity (Wildman–Crippen MR) is 282 cm³/mol. The summed E-state index contributed by atoms with van der Waals surface area (Å²) in [5.74, 6) is 0.924. The van der Waals surface area contributed by atoms with E-state index >= 15 is 0 Å². The minimum atomic E-state index is 0.462. The van der Waals surface area contributed by atoms with Crippen LogP contribution in [0.4, 0.5) is 34.1 Å². The van der Waals surface area contributed by atoms with Gasteiger partial charge in [-0.15, -0.1) is 0 Å². The Morgan fingerprint density at radius 3 is 1.06 bits per heavy atom. The van der Waals surface area contributed by atoms with Crippen molar-refractivity contribution >= 4 is 99.5 Å². The van der Waals surface area contributed by atoms with Gasteiger partial charge in [-0.25, -0.2) is 0 Å². The molecule has 66 heavy (non-hydrogen) atoms. The normalized spacial score (nSPS) is 12.1. The van der Waals surface area contributed by atoms with Gasteiger partial charge in [-0.1, -0.05) is 100 Å². The zero-order chi connectivity index (χ0) is 45.7. The molecule has 0 fully saturated rings. The van der Waals surface area contributed by atoms with E-state index < -0.39 is 0 Å². The zero-order valence-electron chi connectivity index (χ0n) is 39.7. The minimum Gasteiger partial charge on any atom is -0.456 e. The summed E-state index contributed by atoms with van der Waals surface area (Å²) in [6.07, 6.45) is 0. The molecule has 4 nitrogen and oxygen atoms in total. The molecule has 0 bridgehead atoms. The molecule has 0 radical (unpaired) electrons. The lowest BCUT2D eigenvalue weighted by molar-refractivity contribution is 0.664. The molecule has 0 amide bonds. The van der Waals surface area contributed by atoms with E-state index in [9.17, 15) is 0 Å². The van der Waals surface area contributed by atoms with Gasteiger partial charge in [0.15, 0.2) is 0 Å². The van der Waals surface area contributed by atoms with Crippen molar-refractivity contribution in [1.82, 2.24) is 0 Å². The second-order valence-electron chi connectivity index (χ2n) is 19.4. The summed E-state index contributed by atoms with van der Waals surface area (Å²) in [6, 6.07) is 53.9. The molecular weight excluding hydrogens is 805 g/mol. The number of hydrogen-bond donors (Lipinski definition) is 0. The molecule has 2 heterocycles. The second kappa shape index (κ2) is 15.7. The van der Waals surface area contributed by atoms with E-state index in [-0.39, 0.29) is 0 Å². The standard InChI is InChI=1S/C62H56N2O2/c1-35(2)43-19-23-55(41(9)25-43)63(61-37(5)13-11-14-38(61)6)49-21-17-45-29-51-53-33-60-54(34-59(53)65-57(51)31-47(45)27-49)52-30-46-18-22-50(28-48(46)32-58(52)66-60)64(62-39(7)15-12-16-40(62)8)56-24-20-44(36(3)4)26-42(56)10/h11-36H,1-10H3. The first-order valence-corrected chi connectivity index (χ1v) is 23.4. The lowest BCUT2D eigenvalue weighted by atomic mass is 9.98. The first-order valence-electron chi connectivity index (χ1n) is 23.4. The quantitative estimate of drug-likeness (QED) is 0.152. The van der Waals surface area contributed by atoms with E-state index in [0.717, 1.165) is 76.8 Å². The predicted octanol–water partition coefficient (Wildman–Crippen LogP) is 18.8. The molecule has 0 atom stereocenters. The average Bonchev–Trinajstić information content (AvgIpc) is 3.82. The van der Waals surface area contributed by atoms with E-state index in [1.807, 2.05) is 0 Å². The van der Waals surface area contributed by atoms with Gasteiger partial charge >= 0.3 is 0 Å². The number of fused-ring (bicyclic) bond motifs is 8. The van der Waals surface area contributed by atoms with Crippen molar-refractivity contribution in [3.63, 3.8) is 0 Å². The van der Waals surface area contributed by atoms with Crippen molar-refractivity contribution in [3.8, 4) is 0 Å². The lowest BCUT2D eigenvalue weighted by Crippen LogP contribution is -2.14. The highest BCUT2D eigenvalue weighted by atomic mass is 16.3. The van der Waals surface area contributed by atoms with E-state index in [0.29, 0.717) is 11.8 Å². The Kier molecular flexibility index (Phi) is 9.85. The number of nitrogens with zero attached hydrogens (tertiary/aromatic N) is 2. The van der Waals surface area contributed by atoms with Gasteiger partial charge < -0.3 is 18.6 Å². The third-order valence-corrected chi connectivity index (χ3v) is 14.0. The maximum atomic E-state index is 6.75. The Labute approximate surface area is 387 Å². The van der Waals surface area contributed by atoms with Gasteiger partial charge in [0, 0.05) is 44.3 Å². The monoisotopic (exact) mass is 860 g/mol. The van der Waals surface area contributed by atoms with Crippen LogP contribution < -0.4 is 9.80 Å².